The van der Waals surface area contributed by atoms with Crippen molar-refractivity contribution in [3.8, 4) is 0 Å². The fourth-order valence-corrected chi connectivity index (χ4v) is 2.71. The van der Waals surface area contributed by atoms with Gasteiger partial charge in [0.2, 0.25) is 5.91 Å². The standard InChI is InChI=1S/C12H21NO4S/c1-7(18(4)17)5-6-13-10(14)8-9(11(15)16)12(8,2)3/h7-9H,5-6H2,1-4H3,(H,13,14)(H,15,16)/t7?,8-,9+,18?/m1/s1. The predicted molar refractivity (Wildman–Crippen MR) is 69.6 cm³/mol. The monoisotopic (exact) mass is 275 g/mol. The fraction of sp³-hybridized carbons (Fsp3) is 0.833. The Morgan fingerprint density at radius 2 is 1.94 bits per heavy atom. The van der Waals surface area contributed by atoms with Crippen LogP contribution in [-0.2, 0) is 20.4 Å². The van der Waals surface area contributed by atoms with Crippen molar-refractivity contribution in [2.45, 2.75) is 32.4 Å². The Balaban J connectivity index is 2.40. The van der Waals surface area contributed by atoms with E-state index >= 15 is 0 Å². The van der Waals surface area contributed by atoms with Crippen molar-refractivity contribution in [1.82, 2.24) is 5.32 Å². The zero-order chi connectivity index (χ0) is 14.1. The largest absolute Gasteiger partial charge is 0.481 e. The molecule has 1 aliphatic rings. The van der Waals surface area contributed by atoms with E-state index in [9.17, 15) is 13.8 Å². The molecule has 0 aromatic heterocycles. The van der Waals surface area contributed by atoms with Crippen LogP contribution in [0, 0.1) is 17.3 Å². The number of aliphatic carboxylic acids is 1. The smallest absolute Gasteiger partial charge is 0.307 e. The first-order chi connectivity index (χ1) is 8.19. The number of carbonyl (C=O) groups excluding carboxylic acids is 1. The zero-order valence-corrected chi connectivity index (χ0v) is 12.0. The first-order valence-corrected chi connectivity index (χ1v) is 7.64. The molecule has 4 atom stereocenters. The number of carbonyl (C=O) groups is 2. The summed E-state index contributed by atoms with van der Waals surface area (Å²) in [6.45, 7) is 5.89. The minimum absolute atomic E-state index is 0.0350. The highest BCUT2D eigenvalue weighted by molar-refractivity contribution is 7.84. The molecule has 104 valence electrons. The lowest BCUT2D eigenvalue weighted by Gasteiger charge is -2.09. The van der Waals surface area contributed by atoms with Gasteiger partial charge in [-0.15, -0.1) is 0 Å². The summed E-state index contributed by atoms with van der Waals surface area (Å²) in [4.78, 5) is 22.8. The Hall–Kier alpha value is -0.910. The summed E-state index contributed by atoms with van der Waals surface area (Å²) >= 11 is 0. The van der Waals surface area contributed by atoms with E-state index < -0.39 is 34.0 Å². The molecule has 6 heteroatoms. The summed E-state index contributed by atoms with van der Waals surface area (Å²) in [6.07, 6.45) is 2.27. The third-order valence-corrected chi connectivity index (χ3v) is 5.16. The molecule has 18 heavy (non-hydrogen) atoms. The number of carboxylic acid groups (broad SMARTS) is 1. The highest BCUT2D eigenvalue weighted by Gasteiger charge is 2.65. The molecule has 0 saturated heterocycles. The Labute approximate surface area is 110 Å². The molecule has 0 aromatic rings. The van der Waals surface area contributed by atoms with Crippen LogP contribution in [0.5, 0.6) is 0 Å². The minimum atomic E-state index is -0.914. The van der Waals surface area contributed by atoms with Crippen LogP contribution >= 0.6 is 0 Å². The maximum absolute atomic E-state index is 11.8. The maximum Gasteiger partial charge on any atom is 0.307 e. The van der Waals surface area contributed by atoms with Crippen LogP contribution in [0.25, 0.3) is 0 Å². The lowest BCUT2D eigenvalue weighted by molar-refractivity contribution is -0.140. The first-order valence-electron chi connectivity index (χ1n) is 6.02. The number of carboxylic acids is 1. The van der Waals surface area contributed by atoms with Gasteiger partial charge in [-0.3, -0.25) is 13.8 Å². The van der Waals surface area contributed by atoms with Crippen LogP contribution in [0.1, 0.15) is 27.2 Å². The summed E-state index contributed by atoms with van der Waals surface area (Å²) in [7, 11) is -0.895. The second-order valence-corrected chi connectivity index (χ2v) is 7.31. The highest BCUT2D eigenvalue weighted by Crippen LogP contribution is 2.58. The molecule has 1 saturated carbocycles. The van der Waals surface area contributed by atoms with Crippen LogP contribution in [0.3, 0.4) is 0 Å². The molecule has 1 rings (SSSR count). The van der Waals surface area contributed by atoms with Gasteiger partial charge in [0.25, 0.3) is 0 Å². The van der Waals surface area contributed by atoms with Gasteiger partial charge in [0.15, 0.2) is 0 Å². The molecular weight excluding hydrogens is 254 g/mol. The minimum Gasteiger partial charge on any atom is -0.481 e. The third-order valence-electron chi connectivity index (χ3n) is 3.79. The Morgan fingerprint density at radius 1 is 1.39 bits per heavy atom. The zero-order valence-electron chi connectivity index (χ0n) is 11.2. The fourth-order valence-electron chi connectivity index (χ4n) is 2.26. The maximum atomic E-state index is 11.8. The van der Waals surface area contributed by atoms with Crippen LogP contribution < -0.4 is 5.32 Å². The molecule has 5 nitrogen and oxygen atoms in total. The van der Waals surface area contributed by atoms with E-state index in [1.165, 1.54) is 0 Å². The van der Waals surface area contributed by atoms with E-state index in [2.05, 4.69) is 5.32 Å². The average molecular weight is 275 g/mol. The van der Waals surface area contributed by atoms with Gasteiger partial charge >= 0.3 is 5.97 Å². The summed E-state index contributed by atoms with van der Waals surface area (Å²) < 4.78 is 11.1. The average Bonchev–Trinajstić information content (AvgIpc) is 2.81. The van der Waals surface area contributed by atoms with Crippen LogP contribution in [0.4, 0.5) is 0 Å². The topological polar surface area (TPSA) is 83.5 Å². The van der Waals surface area contributed by atoms with E-state index in [-0.39, 0.29) is 11.2 Å². The van der Waals surface area contributed by atoms with Crippen molar-refractivity contribution >= 4 is 22.7 Å². The van der Waals surface area contributed by atoms with Crippen LogP contribution in [0.15, 0.2) is 0 Å². The van der Waals surface area contributed by atoms with Crippen LogP contribution in [-0.4, -0.2) is 39.2 Å². The van der Waals surface area contributed by atoms with E-state index in [1.54, 1.807) is 20.1 Å². The van der Waals surface area contributed by atoms with Crippen molar-refractivity contribution in [1.29, 1.82) is 0 Å². The summed E-state index contributed by atoms with van der Waals surface area (Å²) in [5, 5.41) is 11.7. The van der Waals surface area contributed by atoms with Gasteiger partial charge < -0.3 is 10.4 Å². The van der Waals surface area contributed by atoms with E-state index in [4.69, 9.17) is 5.11 Å². The molecule has 0 heterocycles. The molecule has 1 aliphatic carbocycles. The molecule has 0 aromatic carbocycles. The first kappa shape index (κ1) is 15.1. The SMILES string of the molecule is CC(CCNC(=O)[C@H]1[C@@H](C(=O)O)C1(C)C)S(C)=O. The molecule has 2 unspecified atom stereocenters. The van der Waals surface area contributed by atoms with Crippen molar-refractivity contribution in [2.24, 2.45) is 17.3 Å². The van der Waals surface area contributed by atoms with E-state index in [0.29, 0.717) is 13.0 Å². The molecule has 0 radical (unpaired) electrons. The quantitative estimate of drug-likeness (QED) is 0.744. The third kappa shape index (κ3) is 3.10. The normalized spacial score (nSPS) is 28.2. The van der Waals surface area contributed by atoms with Gasteiger partial charge in [0.05, 0.1) is 11.8 Å². The molecule has 1 fully saturated rings. The molecule has 2 N–H and O–H groups in total. The van der Waals surface area contributed by atoms with Crippen molar-refractivity contribution < 1.29 is 18.9 Å². The van der Waals surface area contributed by atoms with Gasteiger partial charge in [-0.2, -0.15) is 0 Å². The Morgan fingerprint density at radius 3 is 2.33 bits per heavy atom. The second-order valence-electron chi connectivity index (χ2n) is 5.50. The van der Waals surface area contributed by atoms with E-state index in [1.807, 2.05) is 6.92 Å². The van der Waals surface area contributed by atoms with Gasteiger partial charge in [-0.05, 0) is 11.8 Å². The Bertz CT molecular complexity index is 380. The lowest BCUT2D eigenvalue weighted by atomic mass is 10.1. The van der Waals surface area contributed by atoms with Gasteiger partial charge in [-0.1, -0.05) is 20.8 Å². The molecule has 1 amide bonds. The molecule has 0 spiro atoms. The number of hydrogen-bond acceptors (Lipinski definition) is 3. The lowest BCUT2D eigenvalue weighted by Crippen LogP contribution is -2.30. The summed E-state index contributed by atoms with van der Waals surface area (Å²) in [5.41, 5.74) is -0.463. The number of amides is 1. The highest BCUT2D eigenvalue weighted by atomic mass is 32.2. The number of nitrogens with one attached hydrogen (secondary N) is 1. The molecular formula is C12H21NO4S. The van der Waals surface area contributed by atoms with E-state index in [0.717, 1.165) is 0 Å². The predicted octanol–water partition coefficient (Wildman–Crippen LogP) is 0.616. The number of hydrogen-bond donors (Lipinski definition) is 2. The van der Waals surface area contributed by atoms with Crippen molar-refractivity contribution in [3.63, 3.8) is 0 Å². The van der Waals surface area contributed by atoms with Crippen molar-refractivity contribution in [2.75, 3.05) is 12.8 Å². The second kappa shape index (κ2) is 5.38. The van der Waals surface area contributed by atoms with Gasteiger partial charge in [0, 0.05) is 28.9 Å². The van der Waals surface area contributed by atoms with Crippen LogP contribution in [0.2, 0.25) is 0 Å². The van der Waals surface area contributed by atoms with Crippen molar-refractivity contribution in [3.05, 3.63) is 0 Å². The summed E-state index contributed by atoms with van der Waals surface area (Å²) in [6, 6.07) is 0. The Kier molecular flexibility index (Phi) is 4.53. The van der Waals surface area contributed by atoms with Gasteiger partial charge in [-0.25, -0.2) is 0 Å². The van der Waals surface area contributed by atoms with Gasteiger partial charge in [0.1, 0.15) is 0 Å². The summed E-state index contributed by atoms with van der Waals surface area (Å²) in [5.74, 6) is -2.16. The molecule has 0 bridgehead atoms. The molecule has 0 aliphatic heterocycles. The number of rotatable bonds is 6.